The minimum atomic E-state index is -1.72. The van der Waals surface area contributed by atoms with Crippen LogP contribution in [0.1, 0.15) is 26.7 Å². The van der Waals surface area contributed by atoms with Gasteiger partial charge in [-0.05, 0) is 29.3 Å². The summed E-state index contributed by atoms with van der Waals surface area (Å²) in [5, 5.41) is 1.59. The van der Waals surface area contributed by atoms with Gasteiger partial charge < -0.3 is 9.40 Å². The van der Waals surface area contributed by atoms with Crippen LogP contribution in [0.4, 0.5) is 8.78 Å². The molecule has 41 heavy (non-hydrogen) atoms. The molecule has 0 N–H and O–H groups in total. The molecule has 1 radical (unpaired) electrons. The summed E-state index contributed by atoms with van der Waals surface area (Å²) in [4.78, 5) is 8.67. The monoisotopic (exact) mass is 788 g/mol. The fraction of sp³-hybridized carbons (Fsp3) is 0.176. The number of fused-ring (bicyclic) bond motifs is 3. The van der Waals surface area contributed by atoms with Crippen LogP contribution in [0.5, 0.6) is 0 Å². The van der Waals surface area contributed by atoms with Crippen molar-refractivity contribution in [3.63, 3.8) is 0 Å². The fourth-order valence-corrected chi connectivity index (χ4v) is 6.59. The van der Waals surface area contributed by atoms with Crippen molar-refractivity contribution in [2.75, 3.05) is 0 Å². The summed E-state index contributed by atoms with van der Waals surface area (Å²) in [5.41, 5.74) is 4.27. The Morgan fingerprint density at radius 1 is 0.854 bits per heavy atom. The Labute approximate surface area is 257 Å². The zero-order chi connectivity index (χ0) is 29.4. The van der Waals surface area contributed by atoms with Crippen molar-refractivity contribution in [2.24, 2.45) is 0 Å². The Hall–Kier alpha value is -3.19. The third-order valence-electron chi connectivity index (χ3n) is 6.66. The predicted molar refractivity (Wildman–Crippen MR) is 161 cm³/mol. The van der Waals surface area contributed by atoms with Crippen LogP contribution in [0.25, 0.3) is 44.5 Å². The normalized spacial score (nSPS) is 11.9. The molecule has 0 aliphatic rings. The van der Waals surface area contributed by atoms with E-state index in [1.165, 1.54) is 16.5 Å². The quantitative estimate of drug-likeness (QED) is 0.132. The van der Waals surface area contributed by atoms with E-state index < -0.39 is 25.0 Å². The Balaban J connectivity index is 0.000000207. The van der Waals surface area contributed by atoms with Crippen molar-refractivity contribution in [1.29, 1.82) is 0 Å². The molecule has 0 bridgehead atoms. The van der Waals surface area contributed by atoms with Gasteiger partial charge in [0.25, 0.3) is 0 Å². The third kappa shape index (κ3) is 6.83. The number of nitrogens with zero attached hydrogens (tertiary/aromatic N) is 2. The average Bonchev–Trinajstić information content (AvgIpc) is 3.31. The van der Waals surface area contributed by atoms with E-state index in [-0.39, 0.29) is 31.5 Å². The second-order valence-electron chi connectivity index (χ2n) is 10.8. The molecule has 0 amide bonds. The molecule has 0 aliphatic carbocycles. The minimum Gasteiger partial charge on any atom is 0 e. The van der Waals surface area contributed by atoms with E-state index in [0.29, 0.717) is 22.4 Å². The number of benzene rings is 3. The van der Waals surface area contributed by atoms with Gasteiger partial charge in [0, 0.05) is 32.9 Å². The molecule has 0 atom stereocenters. The molecule has 7 heteroatoms. The smallest absolute Gasteiger partial charge is 0 e. The number of aromatic nitrogens is 2. The third-order valence-corrected chi connectivity index (χ3v) is 10.9. The molecule has 0 fully saturated rings. The first kappa shape index (κ1) is 29.3. The molecule has 0 aliphatic heterocycles. The number of halogens is 2. The average molecular weight is 786 g/mol. The van der Waals surface area contributed by atoms with Crippen LogP contribution in [0.3, 0.4) is 0 Å². The molecule has 211 valence electrons. The van der Waals surface area contributed by atoms with Crippen LogP contribution in [0.2, 0.25) is 17.3 Å². The molecular formula is C34H30F2GeIrN2O-2. The van der Waals surface area contributed by atoms with Crippen molar-refractivity contribution in [2.45, 2.75) is 37.0 Å². The molecule has 6 aromatic rings. The Morgan fingerprint density at radius 3 is 2.29 bits per heavy atom. The maximum absolute atomic E-state index is 14.0. The Morgan fingerprint density at radius 2 is 1.63 bits per heavy atom. The fourth-order valence-electron chi connectivity index (χ4n) is 4.41. The first-order valence-corrected chi connectivity index (χ1v) is 20.4. The van der Waals surface area contributed by atoms with Gasteiger partial charge in [0.05, 0.1) is 11.8 Å². The van der Waals surface area contributed by atoms with Gasteiger partial charge in [-0.2, -0.15) is 0 Å². The van der Waals surface area contributed by atoms with Crippen LogP contribution >= 0.6 is 0 Å². The zero-order valence-electron chi connectivity index (χ0n) is 24.5. The summed E-state index contributed by atoms with van der Waals surface area (Å²) < 4.78 is 42.9. The van der Waals surface area contributed by atoms with Gasteiger partial charge in [0.15, 0.2) is 0 Å². The summed E-state index contributed by atoms with van der Waals surface area (Å²) in [7, 11) is 0. The minimum absolute atomic E-state index is 0. The molecule has 0 unspecified atom stereocenters. The standard InChI is InChI=1S/C20H14F2NO.C14H16GeN.Ir/c1-11(2)16-9-18(23-10-17(16)22)15-5-3-4-14-13-7-6-12(21)8-19(13)24-20(14)15;1-15(2,3)13-9-10-14(16-11-13)12-7-5-4-6-8-12;/h3-4,6-11H,1-2H3;4-7,9-11H,1-3H3;/q2*-1;/i11D;;. The van der Waals surface area contributed by atoms with Crippen LogP contribution in [0, 0.1) is 23.8 Å². The van der Waals surface area contributed by atoms with E-state index in [4.69, 9.17) is 5.79 Å². The predicted octanol–water partition coefficient (Wildman–Crippen LogP) is 8.94. The molecule has 3 aromatic carbocycles. The molecule has 6 rings (SSSR count). The molecule has 0 spiro atoms. The largest absolute Gasteiger partial charge is 0 e. The van der Waals surface area contributed by atoms with Crippen LogP contribution < -0.4 is 4.40 Å². The van der Waals surface area contributed by atoms with E-state index in [9.17, 15) is 8.78 Å². The van der Waals surface area contributed by atoms with E-state index in [0.717, 1.165) is 28.2 Å². The number of furan rings is 1. The van der Waals surface area contributed by atoms with Gasteiger partial charge >= 0.3 is 99.8 Å². The van der Waals surface area contributed by atoms with Crippen LogP contribution in [-0.4, -0.2) is 23.2 Å². The Bertz CT molecular complexity index is 1830. The second-order valence-corrected chi connectivity index (χ2v) is 21.5. The number of hydrogen-bond donors (Lipinski definition) is 0. The summed E-state index contributed by atoms with van der Waals surface area (Å²) in [6.07, 6.45) is 3.14. The maximum atomic E-state index is 14.0. The van der Waals surface area contributed by atoms with Gasteiger partial charge in [-0.1, -0.05) is 30.9 Å². The SMILES string of the molecule is [2H]C(C)(C)c1cc(-c2[c-]ccc3c2oc2cc(F)ccc23)ncc1F.[CH3][Ge]([CH3])([CH3])[c]1ccc(-c2[c-]cccc2)nc1.[Ir]. The maximum Gasteiger partial charge on any atom is 0 e. The van der Waals surface area contributed by atoms with Gasteiger partial charge in [-0.3, -0.25) is 0 Å². The van der Waals surface area contributed by atoms with Crippen molar-refractivity contribution < 1.29 is 34.7 Å². The van der Waals surface area contributed by atoms with Crippen molar-refractivity contribution in [1.82, 2.24) is 9.97 Å². The molecule has 0 saturated heterocycles. The van der Waals surface area contributed by atoms with Crippen LogP contribution in [0.15, 0.2) is 89.6 Å². The van der Waals surface area contributed by atoms with E-state index in [1.54, 1.807) is 32.0 Å². The summed E-state index contributed by atoms with van der Waals surface area (Å²) in [5.74, 6) is 5.13. The first-order valence-electron chi connectivity index (χ1n) is 13.5. The first-order chi connectivity index (χ1) is 19.4. The summed E-state index contributed by atoms with van der Waals surface area (Å²) in [6.45, 7) is 3.23. The number of rotatable bonds is 4. The molecule has 3 aromatic heterocycles. The van der Waals surface area contributed by atoms with E-state index in [1.807, 2.05) is 36.5 Å². The molecule has 0 saturated carbocycles. The summed E-state index contributed by atoms with van der Waals surface area (Å²) >= 11 is -1.72. The van der Waals surface area contributed by atoms with E-state index >= 15 is 0 Å². The topological polar surface area (TPSA) is 38.9 Å². The van der Waals surface area contributed by atoms with E-state index in [2.05, 4.69) is 51.5 Å². The molecule has 3 heterocycles. The molecule has 3 nitrogen and oxygen atoms in total. The van der Waals surface area contributed by atoms with Gasteiger partial charge in [-0.25, -0.2) is 8.78 Å². The zero-order valence-corrected chi connectivity index (χ0v) is 28.0. The Kier molecular flexibility index (Phi) is 9.13. The van der Waals surface area contributed by atoms with Gasteiger partial charge in [-0.15, -0.1) is 18.2 Å². The molecular weight excluding hydrogens is 755 g/mol. The summed E-state index contributed by atoms with van der Waals surface area (Å²) in [6, 6.07) is 28.0. The van der Waals surface area contributed by atoms with Crippen LogP contribution in [-0.2, 0) is 20.1 Å². The second kappa shape index (κ2) is 12.8. The van der Waals surface area contributed by atoms with Crippen molar-refractivity contribution in [3.8, 4) is 22.5 Å². The van der Waals surface area contributed by atoms with Gasteiger partial charge in [0.1, 0.15) is 17.2 Å². The van der Waals surface area contributed by atoms with Crippen molar-refractivity contribution in [3.05, 3.63) is 115 Å². The van der Waals surface area contributed by atoms with Crippen molar-refractivity contribution >= 4 is 39.6 Å². The number of hydrogen-bond acceptors (Lipinski definition) is 3. The van der Waals surface area contributed by atoms with Gasteiger partial charge in [0.2, 0.25) is 0 Å². The number of pyridine rings is 2.